The third-order valence-electron chi connectivity index (χ3n) is 5.53. The summed E-state index contributed by atoms with van der Waals surface area (Å²) in [6.45, 7) is 7.82. The second kappa shape index (κ2) is 10.5. The molecule has 0 saturated carbocycles. The summed E-state index contributed by atoms with van der Waals surface area (Å²) in [5, 5.41) is 0. The fourth-order valence-electron chi connectivity index (χ4n) is 3.96. The van der Waals surface area contributed by atoms with Crippen molar-refractivity contribution in [1.82, 2.24) is 14.5 Å². The molecule has 6 heteroatoms. The second-order valence-electron chi connectivity index (χ2n) is 7.67. The van der Waals surface area contributed by atoms with Crippen LogP contribution >= 0.6 is 0 Å². The van der Waals surface area contributed by atoms with Crippen LogP contribution in [0.15, 0.2) is 48.5 Å². The molecule has 31 heavy (non-hydrogen) atoms. The van der Waals surface area contributed by atoms with Crippen LogP contribution in [-0.2, 0) is 17.8 Å². The third-order valence-corrected chi connectivity index (χ3v) is 5.53. The predicted molar refractivity (Wildman–Crippen MR) is 124 cm³/mol. The molecular weight excluding hydrogens is 390 g/mol. The molecule has 2 heterocycles. The largest absolute Gasteiger partial charge is 0.493 e. The van der Waals surface area contributed by atoms with Crippen molar-refractivity contribution in [2.24, 2.45) is 0 Å². The average Bonchev–Trinajstić information content (AvgIpc) is 3.15. The molecule has 1 aliphatic heterocycles. The second-order valence-corrected chi connectivity index (χ2v) is 7.67. The first-order chi connectivity index (χ1) is 15.3. The number of rotatable bonds is 9. The highest BCUT2D eigenvalue weighted by Crippen LogP contribution is 2.29. The highest BCUT2D eigenvalue weighted by molar-refractivity contribution is 5.75. The van der Waals surface area contributed by atoms with E-state index in [0.29, 0.717) is 6.61 Å². The van der Waals surface area contributed by atoms with E-state index in [4.69, 9.17) is 19.2 Å². The molecule has 0 N–H and O–H groups in total. The standard InChI is InChI=1S/C25H31N3O3/c1-3-7-20-10-11-23(24(18-20)29-2)31-15-6-12-28-22-9-5-4-8-21(22)26-25(28)19-27-13-16-30-17-14-27/h3-5,7-11,18H,6,12-17,19H2,1-2H3. The van der Waals surface area contributed by atoms with Gasteiger partial charge in [0.15, 0.2) is 11.5 Å². The van der Waals surface area contributed by atoms with E-state index in [1.807, 2.05) is 43.3 Å². The van der Waals surface area contributed by atoms with Crippen molar-refractivity contribution >= 4 is 17.1 Å². The lowest BCUT2D eigenvalue weighted by Gasteiger charge is -2.26. The van der Waals surface area contributed by atoms with Gasteiger partial charge in [-0.05, 0) is 43.2 Å². The quantitative estimate of drug-likeness (QED) is 0.480. The summed E-state index contributed by atoms with van der Waals surface area (Å²) in [5.41, 5.74) is 3.33. The van der Waals surface area contributed by atoms with Gasteiger partial charge in [0.05, 0.1) is 44.5 Å². The average molecular weight is 422 g/mol. The number of para-hydroxylation sites is 2. The van der Waals surface area contributed by atoms with Gasteiger partial charge in [0.25, 0.3) is 0 Å². The van der Waals surface area contributed by atoms with Gasteiger partial charge in [-0.2, -0.15) is 0 Å². The summed E-state index contributed by atoms with van der Waals surface area (Å²) < 4.78 is 19.4. The number of benzene rings is 2. The van der Waals surface area contributed by atoms with Gasteiger partial charge in [0.1, 0.15) is 5.82 Å². The molecule has 2 aromatic carbocycles. The normalized spacial score (nSPS) is 15.0. The number of hydrogen-bond acceptors (Lipinski definition) is 5. The van der Waals surface area contributed by atoms with Gasteiger partial charge < -0.3 is 18.8 Å². The Morgan fingerprint density at radius 2 is 1.94 bits per heavy atom. The molecule has 0 spiro atoms. The minimum absolute atomic E-state index is 0.614. The summed E-state index contributed by atoms with van der Waals surface area (Å²) in [4.78, 5) is 7.32. The van der Waals surface area contributed by atoms with Crippen molar-refractivity contribution in [3.05, 3.63) is 59.9 Å². The molecule has 0 aliphatic carbocycles. The van der Waals surface area contributed by atoms with Crippen molar-refractivity contribution in [3.8, 4) is 11.5 Å². The number of aromatic nitrogens is 2. The lowest BCUT2D eigenvalue weighted by Crippen LogP contribution is -2.36. The molecule has 0 bridgehead atoms. The maximum atomic E-state index is 6.05. The predicted octanol–water partition coefficient (Wildman–Crippen LogP) is 4.38. The molecule has 0 amide bonds. The van der Waals surface area contributed by atoms with Gasteiger partial charge in [-0.25, -0.2) is 4.98 Å². The van der Waals surface area contributed by atoms with Crippen LogP contribution in [0.2, 0.25) is 0 Å². The van der Waals surface area contributed by atoms with Crippen molar-refractivity contribution in [2.75, 3.05) is 40.0 Å². The maximum Gasteiger partial charge on any atom is 0.161 e. The van der Waals surface area contributed by atoms with Crippen LogP contribution in [-0.4, -0.2) is 54.5 Å². The number of morpholine rings is 1. The Labute approximate surface area is 184 Å². The highest BCUT2D eigenvalue weighted by Gasteiger charge is 2.16. The van der Waals surface area contributed by atoms with Crippen LogP contribution in [0.1, 0.15) is 24.7 Å². The van der Waals surface area contributed by atoms with Crippen molar-refractivity contribution in [3.63, 3.8) is 0 Å². The van der Waals surface area contributed by atoms with E-state index < -0.39 is 0 Å². The Morgan fingerprint density at radius 1 is 1.10 bits per heavy atom. The molecule has 1 aromatic heterocycles. The number of allylic oxidation sites excluding steroid dienone is 1. The zero-order valence-corrected chi connectivity index (χ0v) is 18.4. The highest BCUT2D eigenvalue weighted by atomic mass is 16.5. The smallest absolute Gasteiger partial charge is 0.161 e. The topological polar surface area (TPSA) is 48.8 Å². The van der Waals surface area contributed by atoms with Gasteiger partial charge in [0, 0.05) is 19.6 Å². The Balaban J connectivity index is 1.42. The van der Waals surface area contributed by atoms with Gasteiger partial charge >= 0.3 is 0 Å². The first-order valence-corrected chi connectivity index (χ1v) is 11.0. The van der Waals surface area contributed by atoms with Crippen LogP contribution in [0.3, 0.4) is 0 Å². The van der Waals surface area contributed by atoms with E-state index in [2.05, 4.69) is 27.7 Å². The number of ether oxygens (including phenoxy) is 3. The Morgan fingerprint density at radius 3 is 2.74 bits per heavy atom. The minimum atomic E-state index is 0.614. The van der Waals surface area contributed by atoms with Crippen LogP contribution in [0.5, 0.6) is 11.5 Å². The molecule has 6 nitrogen and oxygen atoms in total. The molecule has 1 aliphatic rings. The number of hydrogen-bond donors (Lipinski definition) is 0. The molecule has 4 rings (SSSR count). The fraction of sp³-hybridized carbons (Fsp3) is 0.400. The number of nitrogens with zero attached hydrogens (tertiary/aromatic N) is 3. The summed E-state index contributed by atoms with van der Waals surface area (Å²) in [6.07, 6.45) is 4.95. The fourth-order valence-corrected chi connectivity index (χ4v) is 3.96. The van der Waals surface area contributed by atoms with E-state index in [-0.39, 0.29) is 0 Å². The van der Waals surface area contributed by atoms with E-state index in [9.17, 15) is 0 Å². The molecular formula is C25H31N3O3. The lowest BCUT2D eigenvalue weighted by molar-refractivity contribution is 0.0326. The first-order valence-electron chi connectivity index (χ1n) is 11.0. The van der Waals surface area contributed by atoms with Crippen LogP contribution in [0, 0.1) is 0 Å². The molecule has 3 aromatic rings. The van der Waals surface area contributed by atoms with E-state index in [0.717, 1.165) is 74.2 Å². The minimum Gasteiger partial charge on any atom is -0.493 e. The van der Waals surface area contributed by atoms with E-state index in [1.165, 1.54) is 5.52 Å². The van der Waals surface area contributed by atoms with Crippen molar-refractivity contribution < 1.29 is 14.2 Å². The summed E-state index contributed by atoms with van der Waals surface area (Å²) in [6, 6.07) is 14.4. The van der Waals surface area contributed by atoms with Gasteiger partial charge in [-0.1, -0.05) is 30.4 Å². The number of methoxy groups -OCH3 is 1. The van der Waals surface area contributed by atoms with E-state index >= 15 is 0 Å². The zero-order valence-electron chi connectivity index (χ0n) is 18.4. The van der Waals surface area contributed by atoms with Crippen LogP contribution < -0.4 is 9.47 Å². The van der Waals surface area contributed by atoms with Crippen molar-refractivity contribution in [1.29, 1.82) is 0 Å². The monoisotopic (exact) mass is 421 g/mol. The Kier molecular flexibility index (Phi) is 7.22. The molecule has 0 unspecified atom stereocenters. The van der Waals surface area contributed by atoms with Crippen LogP contribution in [0.4, 0.5) is 0 Å². The third kappa shape index (κ3) is 5.27. The number of fused-ring (bicyclic) bond motifs is 1. The Hall–Kier alpha value is -2.83. The zero-order chi connectivity index (χ0) is 21.5. The summed E-state index contributed by atoms with van der Waals surface area (Å²) in [5.74, 6) is 2.65. The van der Waals surface area contributed by atoms with Gasteiger partial charge in [0.2, 0.25) is 0 Å². The van der Waals surface area contributed by atoms with Crippen molar-refractivity contribution in [2.45, 2.75) is 26.4 Å². The maximum absolute atomic E-state index is 6.05. The first kappa shape index (κ1) is 21.4. The van der Waals surface area contributed by atoms with Crippen LogP contribution in [0.25, 0.3) is 17.1 Å². The molecule has 1 fully saturated rings. The molecule has 164 valence electrons. The molecule has 1 saturated heterocycles. The summed E-state index contributed by atoms with van der Waals surface area (Å²) in [7, 11) is 1.68. The Bertz CT molecular complexity index is 1020. The van der Waals surface area contributed by atoms with Gasteiger partial charge in [-0.3, -0.25) is 4.90 Å². The number of imidazole rings is 1. The van der Waals surface area contributed by atoms with Gasteiger partial charge in [-0.15, -0.1) is 0 Å². The lowest BCUT2D eigenvalue weighted by atomic mass is 10.2. The SMILES string of the molecule is CC=Cc1ccc(OCCCn2c(CN3CCOCC3)nc3ccccc32)c(OC)c1. The van der Waals surface area contributed by atoms with E-state index in [1.54, 1.807) is 7.11 Å². The number of aryl methyl sites for hydroxylation is 1. The molecule has 0 radical (unpaired) electrons. The molecule has 0 atom stereocenters. The summed E-state index contributed by atoms with van der Waals surface area (Å²) >= 11 is 0.